The molecule has 3 aromatic carbocycles. The van der Waals surface area contributed by atoms with Crippen LogP contribution in [-0.4, -0.2) is 56.7 Å². The van der Waals surface area contributed by atoms with Crippen molar-refractivity contribution in [2.45, 2.75) is 13.5 Å². The number of carbonyl (C=O) groups is 2. The highest BCUT2D eigenvalue weighted by atomic mass is 16.5. The molecule has 182 valence electrons. The molecule has 4 rings (SSSR count). The summed E-state index contributed by atoms with van der Waals surface area (Å²) in [6.45, 7) is 6.74. The number of para-hydroxylation sites is 2. The largest absolute Gasteiger partial charge is 0.495 e. The van der Waals surface area contributed by atoms with Crippen LogP contribution in [0.5, 0.6) is 5.75 Å². The molecular weight excluding hydrogens is 442 g/mol. The van der Waals surface area contributed by atoms with E-state index in [1.807, 2.05) is 42.5 Å². The summed E-state index contributed by atoms with van der Waals surface area (Å²) in [7, 11) is 1.71. The van der Waals surface area contributed by atoms with Crippen LogP contribution in [0.1, 0.15) is 33.2 Å². The second-order valence-corrected chi connectivity index (χ2v) is 8.38. The van der Waals surface area contributed by atoms with Gasteiger partial charge in [0.15, 0.2) is 0 Å². The van der Waals surface area contributed by atoms with E-state index in [4.69, 9.17) is 9.47 Å². The Hall–Kier alpha value is -3.84. The molecule has 1 heterocycles. The third-order valence-corrected chi connectivity index (χ3v) is 6.07. The molecule has 1 aliphatic rings. The molecule has 35 heavy (non-hydrogen) atoms. The number of ether oxygens (including phenoxy) is 2. The van der Waals surface area contributed by atoms with Crippen molar-refractivity contribution in [3.8, 4) is 5.75 Å². The van der Waals surface area contributed by atoms with Crippen molar-refractivity contribution in [3.63, 3.8) is 0 Å². The fourth-order valence-corrected chi connectivity index (χ4v) is 4.16. The maximum Gasteiger partial charge on any atom is 0.338 e. The summed E-state index contributed by atoms with van der Waals surface area (Å²) in [5.41, 5.74) is 3.98. The average molecular weight is 474 g/mol. The normalized spacial score (nSPS) is 13.8. The van der Waals surface area contributed by atoms with Crippen LogP contribution >= 0.6 is 0 Å². The summed E-state index contributed by atoms with van der Waals surface area (Å²) in [5.74, 6) is 0.345. The Morgan fingerprint density at radius 2 is 1.51 bits per heavy atom. The van der Waals surface area contributed by atoms with E-state index < -0.39 is 0 Å². The first kappa shape index (κ1) is 24.3. The number of rotatable bonds is 8. The lowest BCUT2D eigenvalue weighted by molar-refractivity contribution is 0.0526. The molecule has 7 nitrogen and oxygen atoms in total. The molecule has 0 aromatic heterocycles. The Morgan fingerprint density at radius 1 is 0.857 bits per heavy atom. The Kier molecular flexibility index (Phi) is 8.00. The molecule has 0 bridgehead atoms. The van der Waals surface area contributed by atoms with E-state index in [1.165, 1.54) is 5.56 Å². The minimum absolute atomic E-state index is 0.189. The first-order valence-electron chi connectivity index (χ1n) is 11.8. The molecule has 7 heteroatoms. The van der Waals surface area contributed by atoms with Crippen LogP contribution in [0, 0.1) is 0 Å². The Morgan fingerprint density at radius 3 is 2.17 bits per heavy atom. The quantitative estimate of drug-likeness (QED) is 0.488. The van der Waals surface area contributed by atoms with E-state index in [0.29, 0.717) is 23.4 Å². The molecule has 1 aliphatic heterocycles. The van der Waals surface area contributed by atoms with Gasteiger partial charge in [0.2, 0.25) is 0 Å². The summed E-state index contributed by atoms with van der Waals surface area (Å²) < 4.78 is 10.5. The van der Waals surface area contributed by atoms with Crippen LogP contribution in [0.15, 0.2) is 72.8 Å². The van der Waals surface area contributed by atoms with Gasteiger partial charge in [-0.05, 0) is 61.0 Å². The van der Waals surface area contributed by atoms with Gasteiger partial charge in [0.05, 0.1) is 25.0 Å². The van der Waals surface area contributed by atoms with E-state index >= 15 is 0 Å². The minimum atomic E-state index is -0.373. The van der Waals surface area contributed by atoms with Gasteiger partial charge in [-0.2, -0.15) is 0 Å². The highest BCUT2D eigenvalue weighted by molar-refractivity contribution is 6.04. The molecule has 0 spiro atoms. The van der Waals surface area contributed by atoms with Crippen molar-refractivity contribution in [1.82, 2.24) is 4.90 Å². The smallest absolute Gasteiger partial charge is 0.338 e. The average Bonchev–Trinajstić information content (AvgIpc) is 2.90. The highest BCUT2D eigenvalue weighted by Crippen LogP contribution is 2.28. The first-order chi connectivity index (χ1) is 17.1. The molecule has 1 N–H and O–H groups in total. The number of hydrogen-bond acceptors (Lipinski definition) is 6. The topological polar surface area (TPSA) is 71.1 Å². The number of nitrogens with one attached hydrogen (secondary N) is 1. The van der Waals surface area contributed by atoms with Gasteiger partial charge in [-0.3, -0.25) is 9.69 Å². The number of carbonyl (C=O) groups excluding carboxylic acids is 2. The zero-order chi connectivity index (χ0) is 24.6. The van der Waals surface area contributed by atoms with Gasteiger partial charge in [0.1, 0.15) is 5.75 Å². The van der Waals surface area contributed by atoms with E-state index in [1.54, 1.807) is 38.3 Å². The number of esters is 1. The van der Waals surface area contributed by atoms with Crippen molar-refractivity contribution in [3.05, 3.63) is 89.5 Å². The first-order valence-corrected chi connectivity index (χ1v) is 11.8. The van der Waals surface area contributed by atoms with E-state index in [9.17, 15) is 9.59 Å². The van der Waals surface area contributed by atoms with Gasteiger partial charge >= 0.3 is 5.97 Å². The fourth-order valence-electron chi connectivity index (χ4n) is 4.16. The van der Waals surface area contributed by atoms with Crippen molar-refractivity contribution in [2.75, 3.05) is 50.1 Å². The Labute approximate surface area is 206 Å². The third kappa shape index (κ3) is 6.19. The summed E-state index contributed by atoms with van der Waals surface area (Å²) in [5, 5.41) is 2.87. The molecule has 1 amide bonds. The van der Waals surface area contributed by atoms with Gasteiger partial charge in [-0.1, -0.05) is 24.3 Å². The lowest BCUT2D eigenvalue weighted by Crippen LogP contribution is -2.46. The zero-order valence-electron chi connectivity index (χ0n) is 20.2. The van der Waals surface area contributed by atoms with Gasteiger partial charge in [-0.15, -0.1) is 0 Å². The zero-order valence-corrected chi connectivity index (χ0v) is 20.2. The van der Waals surface area contributed by atoms with Crippen LogP contribution in [0.2, 0.25) is 0 Å². The van der Waals surface area contributed by atoms with Crippen molar-refractivity contribution < 1.29 is 19.1 Å². The summed E-state index contributed by atoms with van der Waals surface area (Å²) in [6.07, 6.45) is 0. The molecule has 1 fully saturated rings. The number of benzene rings is 3. The second kappa shape index (κ2) is 11.5. The van der Waals surface area contributed by atoms with Gasteiger partial charge < -0.3 is 19.7 Å². The van der Waals surface area contributed by atoms with Crippen LogP contribution in [-0.2, 0) is 11.3 Å². The predicted octanol–water partition coefficient (Wildman–Crippen LogP) is 4.45. The van der Waals surface area contributed by atoms with Crippen molar-refractivity contribution in [2.24, 2.45) is 0 Å². The van der Waals surface area contributed by atoms with Gasteiger partial charge in [0, 0.05) is 44.0 Å². The third-order valence-electron chi connectivity index (χ3n) is 6.07. The Balaban J connectivity index is 1.28. The minimum Gasteiger partial charge on any atom is -0.495 e. The molecule has 0 atom stereocenters. The standard InChI is InChI=1S/C28H31N3O4/c1-3-35-28(33)23-12-14-24(15-13-23)29-27(32)22-10-8-21(9-11-22)20-30-16-18-31(19-17-30)25-6-4-5-7-26(25)34-2/h4-15H,3,16-20H2,1-2H3,(H,29,32). The predicted molar refractivity (Wildman–Crippen MR) is 137 cm³/mol. The lowest BCUT2D eigenvalue weighted by atomic mass is 10.1. The van der Waals surface area contributed by atoms with Crippen LogP contribution in [0.4, 0.5) is 11.4 Å². The number of methoxy groups -OCH3 is 1. The number of anilines is 2. The molecular formula is C28H31N3O4. The second-order valence-electron chi connectivity index (χ2n) is 8.38. The number of piperazine rings is 1. The molecule has 3 aromatic rings. The molecule has 0 unspecified atom stereocenters. The Bertz CT molecular complexity index is 1140. The molecule has 0 radical (unpaired) electrons. The van der Waals surface area contributed by atoms with E-state index in [0.717, 1.165) is 44.2 Å². The maximum atomic E-state index is 12.6. The van der Waals surface area contributed by atoms with Crippen LogP contribution in [0.3, 0.4) is 0 Å². The van der Waals surface area contributed by atoms with Crippen molar-refractivity contribution >= 4 is 23.3 Å². The SMILES string of the molecule is CCOC(=O)c1ccc(NC(=O)c2ccc(CN3CCN(c4ccccc4OC)CC3)cc2)cc1. The summed E-state index contributed by atoms with van der Waals surface area (Å²) in [6, 6.07) is 22.5. The van der Waals surface area contributed by atoms with Gasteiger partial charge in [0.25, 0.3) is 5.91 Å². The van der Waals surface area contributed by atoms with E-state index in [-0.39, 0.29) is 11.9 Å². The van der Waals surface area contributed by atoms with Gasteiger partial charge in [-0.25, -0.2) is 4.79 Å². The van der Waals surface area contributed by atoms with Crippen LogP contribution < -0.4 is 15.0 Å². The fraction of sp³-hybridized carbons (Fsp3) is 0.286. The summed E-state index contributed by atoms with van der Waals surface area (Å²) >= 11 is 0. The number of nitrogens with zero attached hydrogens (tertiary/aromatic N) is 2. The van der Waals surface area contributed by atoms with Crippen LogP contribution in [0.25, 0.3) is 0 Å². The number of hydrogen-bond donors (Lipinski definition) is 1. The monoisotopic (exact) mass is 473 g/mol. The van der Waals surface area contributed by atoms with E-state index in [2.05, 4.69) is 21.2 Å². The number of amides is 1. The van der Waals surface area contributed by atoms with Crippen molar-refractivity contribution in [1.29, 1.82) is 0 Å². The highest BCUT2D eigenvalue weighted by Gasteiger charge is 2.19. The molecule has 0 saturated carbocycles. The molecule has 0 aliphatic carbocycles. The molecule has 1 saturated heterocycles. The summed E-state index contributed by atoms with van der Waals surface area (Å²) in [4.78, 5) is 29.2. The lowest BCUT2D eigenvalue weighted by Gasteiger charge is -2.36. The maximum absolute atomic E-state index is 12.6.